The fourth-order valence-corrected chi connectivity index (χ4v) is 10.2. The lowest BCUT2D eigenvalue weighted by molar-refractivity contribution is -0.309. The summed E-state index contributed by atoms with van der Waals surface area (Å²) in [5.41, 5.74) is -0.336. The van der Waals surface area contributed by atoms with Crippen molar-refractivity contribution >= 4 is 29.8 Å². The number of alkyl carbamates (subject to hydrolysis) is 1. The summed E-state index contributed by atoms with van der Waals surface area (Å²) in [5, 5.41) is 2.77. The maximum Gasteiger partial charge on any atom is 0.407 e. The van der Waals surface area contributed by atoms with E-state index in [1.165, 1.54) is 7.11 Å². The molecule has 1 amide bonds. The zero-order valence-corrected chi connectivity index (χ0v) is 40.9. The highest BCUT2D eigenvalue weighted by molar-refractivity contribution is 5.90. The molecule has 2 aromatic rings. The second-order valence-corrected chi connectivity index (χ2v) is 19.4. The van der Waals surface area contributed by atoms with Crippen molar-refractivity contribution in [3.05, 3.63) is 71.8 Å². The van der Waals surface area contributed by atoms with Gasteiger partial charge in [0.05, 0.1) is 53.5 Å². The maximum absolute atomic E-state index is 14.6. The number of hydrogen-bond acceptors (Lipinski definition) is 15. The molecule has 0 spiro atoms. The number of nitrogens with zero attached hydrogens (tertiary/aromatic N) is 1. The summed E-state index contributed by atoms with van der Waals surface area (Å²) in [6.45, 7) is 14.9. The third-order valence-electron chi connectivity index (χ3n) is 14.3. The number of methoxy groups -OCH3 is 1. The first kappa shape index (κ1) is 51.9. The first-order valence-electron chi connectivity index (χ1n) is 23.9. The van der Waals surface area contributed by atoms with Crippen molar-refractivity contribution in [1.29, 1.82) is 0 Å². The summed E-state index contributed by atoms with van der Waals surface area (Å²) >= 11 is 0. The number of hydrogen-bond donors (Lipinski definition) is 1. The number of carbonyl (C=O) groups is 5. The number of cyclic esters (lactones) is 1. The second kappa shape index (κ2) is 22.8. The Hall–Kier alpha value is -4.45. The van der Waals surface area contributed by atoms with Gasteiger partial charge in [-0.15, -0.1) is 0 Å². The molecule has 0 aliphatic carbocycles. The highest BCUT2D eigenvalue weighted by atomic mass is 16.7. The van der Waals surface area contributed by atoms with Gasteiger partial charge < -0.3 is 52.8 Å². The molecule has 1 N–H and O–H groups in total. The van der Waals surface area contributed by atoms with E-state index in [1.807, 2.05) is 72.7 Å². The number of ether oxygens (including phenoxy) is 9. The van der Waals surface area contributed by atoms with Crippen LogP contribution in [0.2, 0.25) is 0 Å². The van der Waals surface area contributed by atoms with Gasteiger partial charge in [0.1, 0.15) is 17.5 Å². The van der Waals surface area contributed by atoms with E-state index < -0.39 is 109 Å². The molecule has 6 rings (SSSR count). The van der Waals surface area contributed by atoms with Gasteiger partial charge in [-0.1, -0.05) is 71.0 Å². The average Bonchev–Trinajstić information content (AvgIpc) is 3.68. The van der Waals surface area contributed by atoms with E-state index in [-0.39, 0.29) is 36.7 Å². The van der Waals surface area contributed by atoms with Crippen LogP contribution in [0.1, 0.15) is 115 Å². The molecule has 4 heterocycles. The number of esters is 3. The summed E-state index contributed by atoms with van der Waals surface area (Å²) in [6, 6.07) is 16.4. The van der Waals surface area contributed by atoms with Crippen LogP contribution in [0.15, 0.2) is 60.7 Å². The molecule has 0 aromatic heterocycles. The molecule has 16 nitrogen and oxygen atoms in total. The molecule has 2 aromatic carbocycles. The van der Waals surface area contributed by atoms with Crippen LogP contribution in [0.25, 0.3) is 0 Å². The van der Waals surface area contributed by atoms with Gasteiger partial charge in [-0.25, -0.2) is 14.4 Å². The Labute approximate surface area is 395 Å². The minimum atomic E-state index is -1.09. The number of amides is 1. The van der Waals surface area contributed by atoms with Crippen LogP contribution < -0.4 is 5.32 Å². The quantitative estimate of drug-likeness (QED) is 0.171. The molecule has 67 heavy (non-hydrogen) atoms. The number of likely N-dealkylation sites (N-methyl/N-ethyl adjacent to an activating group) is 1. The van der Waals surface area contributed by atoms with Gasteiger partial charge in [-0.2, -0.15) is 0 Å². The number of nitrogens with one attached hydrogen (secondary N) is 1. The normalized spacial score (nSPS) is 37.6. The molecule has 17 atom stereocenters. The van der Waals surface area contributed by atoms with Gasteiger partial charge in [0.25, 0.3) is 0 Å². The predicted molar refractivity (Wildman–Crippen MR) is 245 cm³/mol. The zero-order chi connectivity index (χ0) is 48.7. The van der Waals surface area contributed by atoms with E-state index in [0.717, 1.165) is 0 Å². The summed E-state index contributed by atoms with van der Waals surface area (Å²) < 4.78 is 57.8. The van der Waals surface area contributed by atoms with E-state index in [9.17, 15) is 24.0 Å². The van der Waals surface area contributed by atoms with E-state index in [1.54, 1.807) is 62.4 Å². The maximum atomic E-state index is 14.6. The fraction of sp³-hybridized carbons (Fsp3) is 0.667. The molecule has 370 valence electrons. The zero-order valence-electron chi connectivity index (χ0n) is 40.9. The predicted octanol–water partition coefficient (Wildman–Crippen LogP) is 6.91. The van der Waals surface area contributed by atoms with E-state index in [4.69, 9.17) is 42.6 Å². The van der Waals surface area contributed by atoms with Crippen LogP contribution in [0.3, 0.4) is 0 Å². The topological polar surface area (TPSA) is 184 Å². The van der Waals surface area contributed by atoms with Crippen LogP contribution >= 0.6 is 0 Å². The van der Waals surface area contributed by atoms with Crippen molar-refractivity contribution in [2.45, 2.75) is 173 Å². The van der Waals surface area contributed by atoms with Crippen molar-refractivity contribution in [3.63, 3.8) is 0 Å². The Kier molecular flexibility index (Phi) is 17.6. The van der Waals surface area contributed by atoms with Crippen LogP contribution in [0, 0.1) is 23.7 Å². The number of benzene rings is 2. The Morgan fingerprint density at radius 1 is 0.791 bits per heavy atom. The molecule has 4 saturated heterocycles. The summed E-state index contributed by atoms with van der Waals surface area (Å²) in [5.74, 6) is -4.27. The lowest BCUT2D eigenvalue weighted by Crippen LogP contribution is -2.60. The molecule has 0 saturated carbocycles. The number of fused-ring (bicyclic) bond motifs is 1. The first-order valence-corrected chi connectivity index (χ1v) is 23.9. The van der Waals surface area contributed by atoms with E-state index in [2.05, 4.69) is 5.32 Å². The van der Waals surface area contributed by atoms with Gasteiger partial charge in [0, 0.05) is 31.8 Å². The summed E-state index contributed by atoms with van der Waals surface area (Å²) in [6.07, 6.45) is -6.98. The Morgan fingerprint density at radius 3 is 2.00 bits per heavy atom. The van der Waals surface area contributed by atoms with Gasteiger partial charge in [0.15, 0.2) is 30.9 Å². The lowest BCUT2D eigenvalue weighted by atomic mass is 9.79. The molecule has 0 radical (unpaired) electrons. The van der Waals surface area contributed by atoms with Crippen molar-refractivity contribution in [2.24, 2.45) is 23.7 Å². The van der Waals surface area contributed by atoms with Crippen LogP contribution in [0.5, 0.6) is 0 Å². The highest BCUT2D eigenvalue weighted by Crippen LogP contribution is 2.40. The largest absolute Gasteiger partial charge is 0.458 e. The molecule has 10 unspecified atom stereocenters. The van der Waals surface area contributed by atoms with Gasteiger partial charge >= 0.3 is 24.0 Å². The smallest absolute Gasteiger partial charge is 0.407 e. The SMILES string of the molecule is CCC1CC(N(C)C)[C@@H](OC(=O)c2ccccc2)C(O[C@H]2C(C)C[C@@H](C)C(=O)CC3NC(=O)O[C@@H]3C(CC)OC(=O)C(C)C(O[C@H]3C[C@@](C)(OC)[C@@H](OC(=O)c4ccccc4)C(C)O3)C2C)O1. The molecule has 16 heteroatoms. The van der Waals surface area contributed by atoms with Gasteiger partial charge in [-0.05, 0) is 90.7 Å². The monoisotopic (exact) mass is 936 g/mol. The Balaban J connectivity index is 1.38. The molecular weight excluding hydrogens is 865 g/mol. The van der Waals surface area contributed by atoms with Crippen LogP contribution in [-0.4, -0.2) is 135 Å². The Morgan fingerprint density at radius 2 is 1.42 bits per heavy atom. The van der Waals surface area contributed by atoms with Crippen molar-refractivity contribution < 1.29 is 66.6 Å². The van der Waals surface area contributed by atoms with E-state index in [0.29, 0.717) is 36.8 Å². The standard InChI is InChI=1S/C51H72N2O14/c1-12-35-25-37(53(9)10)44(64-47(56)33-20-16-14-17-21-33)49(61-35)65-41-29(4)24-28(3)38(54)26-36-43(66-50(58)52-36)39(13-2)62-46(55)31(6)42(30(41)5)63-40-27-51(8,59-11)45(32(7)60-40)67-48(57)34-22-18-15-19-23-34/h14-23,28-32,35-37,39-45,49H,12-13,24-27H2,1-11H3,(H,52,58)/t28-,29?,30?,31?,32?,35?,36?,37?,39?,40+,41+,42?,43+,44-,45+,49?,51-/m1/s1. The van der Waals surface area contributed by atoms with Crippen molar-refractivity contribution in [1.82, 2.24) is 10.2 Å². The number of ketones is 1. The summed E-state index contributed by atoms with van der Waals surface area (Å²) in [4.78, 5) is 70.5. The summed E-state index contributed by atoms with van der Waals surface area (Å²) in [7, 11) is 5.39. The van der Waals surface area contributed by atoms with E-state index >= 15 is 0 Å². The molecular formula is C51H72N2O14. The first-order chi connectivity index (χ1) is 31.9. The van der Waals surface area contributed by atoms with Crippen LogP contribution in [-0.2, 0) is 52.2 Å². The number of Topliss-reactive ketones (excluding diaryl/α,β-unsaturated/α-hetero) is 1. The third kappa shape index (κ3) is 12.2. The minimum Gasteiger partial charge on any atom is -0.458 e. The number of carbonyl (C=O) groups excluding carboxylic acids is 5. The highest BCUT2D eigenvalue weighted by Gasteiger charge is 2.53. The Bertz CT molecular complexity index is 1990. The molecule has 0 bridgehead atoms. The van der Waals surface area contributed by atoms with Crippen molar-refractivity contribution in [3.8, 4) is 0 Å². The minimum absolute atomic E-state index is 0.0240. The van der Waals surface area contributed by atoms with Crippen LogP contribution in [0.4, 0.5) is 4.79 Å². The molecule has 4 aliphatic heterocycles. The average molecular weight is 937 g/mol. The molecule has 4 aliphatic rings. The second-order valence-electron chi connectivity index (χ2n) is 19.4. The van der Waals surface area contributed by atoms with Gasteiger partial charge in [0.2, 0.25) is 0 Å². The lowest BCUT2D eigenvalue weighted by Gasteiger charge is -2.48. The molecule has 4 fully saturated rings. The third-order valence-corrected chi connectivity index (χ3v) is 14.3. The fourth-order valence-electron chi connectivity index (χ4n) is 10.2. The van der Waals surface area contributed by atoms with Crippen molar-refractivity contribution in [2.75, 3.05) is 21.2 Å². The van der Waals surface area contributed by atoms with Gasteiger partial charge in [-0.3, -0.25) is 9.59 Å². The number of rotatable bonds is 12.